The molecule has 0 saturated carbocycles. The molecule has 0 aliphatic rings. The number of hydrogen-bond acceptors (Lipinski definition) is 4. The van der Waals surface area contributed by atoms with Gasteiger partial charge in [0.05, 0.1) is 5.56 Å². The highest BCUT2D eigenvalue weighted by Crippen LogP contribution is 2.24. The van der Waals surface area contributed by atoms with Crippen LogP contribution in [0.2, 0.25) is 0 Å². The molecule has 2 rings (SSSR count). The lowest BCUT2D eigenvalue weighted by atomic mass is 9.98. The number of nitrogen functional groups attached to an aromatic ring is 1. The van der Waals surface area contributed by atoms with E-state index in [0.717, 1.165) is 5.75 Å². The number of hydrazine groups is 1. The first-order valence-electron chi connectivity index (χ1n) is 6.83. The van der Waals surface area contributed by atoms with Gasteiger partial charge in [0, 0.05) is 0 Å². The number of rotatable bonds is 5. The summed E-state index contributed by atoms with van der Waals surface area (Å²) in [6.07, 6.45) is 1.36. The van der Waals surface area contributed by atoms with Gasteiger partial charge in [0.1, 0.15) is 24.4 Å². The first kappa shape index (κ1) is 15.1. The van der Waals surface area contributed by atoms with Gasteiger partial charge in [-0.1, -0.05) is 19.9 Å². The summed E-state index contributed by atoms with van der Waals surface area (Å²) in [7, 11) is 0. The molecule has 0 spiro atoms. The maximum Gasteiger partial charge on any atom is 0.268 e. The third kappa shape index (κ3) is 3.64. The van der Waals surface area contributed by atoms with Crippen LogP contribution in [0.15, 0.2) is 34.9 Å². The molecule has 0 atom stereocenters. The van der Waals surface area contributed by atoms with Crippen LogP contribution in [0.25, 0.3) is 0 Å². The smallest absolute Gasteiger partial charge is 0.268 e. The van der Waals surface area contributed by atoms with Crippen molar-refractivity contribution in [3.63, 3.8) is 0 Å². The van der Waals surface area contributed by atoms with Crippen LogP contribution in [-0.4, -0.2) is 5.91 Å². The number of benzene rings is 1. The summed E-state index contributed by atoms with van der Waals surface area (Å²) in [6.45, 7) is 6.66. The molecule has 21 heavy (non-hydrogen) atoms. The minimum Gasteiger partial charge on any atom is -0.486 e. The molecule has 0 bridgehead atoms. The first-order chi connectivity index (χ1) is 10.0. The minimum atomic E-state index is -0.387. The predicted molar refractivity (Wildman–Crippen MR) is 80.0 cm³/mol. The van der Waals surface area contributed by atoms with Gasteiger partial charge < -0.3 is 9.15 Å². The molecule has 5 nitrogen and oxygen atoms in total. The van der Waals surface area contributed by atoms with Gasteiger partial charge in [-0.3, -0.25) is 10.2 Å². The van der Waals surface area contributed by atoms with Crippen molar-refractivity contribution in [3.8, 4) is 5.75 Å². The van der Waals surface area contributed by atoms with E-state index in [-0.39, 0.29) is 12.5 Å². The average Bonchev–Trinajstić information content (AvgIpc) is 2.92. The van der Waals surface area contributed by atoms with Gasteiger partial charge in [-0.05, 0) is 42.2 Å². The summed E-state index contributed by atoms with van der Waals surface area (Å²) >= 11 is 0. The number of carbonyl (C=O) groups is 1. The number of nitrogens with two attached hydrogens (primary N) is 1. The molecule has 1 aromatic carbocycles. The third-order valence-corrected chi connectivity index (χ3v) is 3.29. The molecule has 1 aromatic heterocycles. The number of ether oxygens (including phenoxy) is 1. The summed E-state index contributed by atoms with van der Waals surface area (Å²) in [5, 5.41) is 0. The van der Waals surface area contributed by atoms with Gasteiger partial charge in [0.25, 0.3) is 5.91 Å². The van der Waals surface area contributed by atoms with Crippen LogP contribution in [0.4, 0.5) is 0 Å². The number of furan rings is 1. The second-order valence-electron chi connectivity index (χ2n) is 5.24. The topological polar surface area (TPSA) is 77.5 Å². The summed E-state index contributed by atoms with van der Waals surface area (Å²) in [4.78, 5) is 11.3. The highest BCUT2D eigenvalue weighted by molar-refractivity contribution is 5.93. The molecule has 1 amide bonds. The van der Waals surface area contributed by atoms with Gasteiger partial charge in [0.2, 0.25) is 0 Å². The summed E-state index contributed by atoms with van der Waals surface area (Å²) in [6, 6.07) is 7.63. The predicted octanol–water partition coefficient (Wildman–Crippen LogP) is 2.89. The van der Waals surface area contributed by atoms with E-state index in [2.05, 4.69) is 32.3 Å². The Kier molecular flexibility index (Phi) is 4.65. The van der Waals surface area contributed by atoms with Crippen LogP contribution >= 0.6 is 0 Å². The highest BCUT2D eigenvalue weighted by atomic mass is 16.5. The van der Waals surface area contributed by atoms with Crippen molar-refractivity contribution < 1.29 is 13.9 Å². The van der Waals surface area contributed by atoms with Crippen molar-refractivity contribution in [1.82, 2.24) is 5.43 Å². The van der Waals surface area contributed by atoms with Crippen LogP contribution in [0.5, 0.6) is 5.75 Å². The summed E-state index contributed by atoms with van der Waals surface area (Å²) in [5.74, 6) is 6.51. The van der Waals surface area contributed by atoms with E-state index in [1.54, 1.807) is 6.07 Å². The molecule has 3 N–H and O–H groups in total. The van der Waals surface area contributed by atoms with Gasteiger partial charge in [0.15, 0.2) is 0 Å². The third-order valence-electron chi connectivity index (χ3n) is 3.29. The van der Waals surface area contributed by atoms with Crippen LogP contribution < -0.4 is 16.0 Å². The van der Waals surface area contributed by atoms with Crippen LogP contribution in [0, 0.1) is 6.92 Å². The molecular weight excluding hydrogens is 268 g/mol. The fourth-order valence-electron chi connectivity index (χ4n) is 2.20. The lowest BCUT2D eigenvalue weighted by Gasteiger charge is -2.11. The van der Waals surface area contributed by atoms with E-state index in [0.29, 0.717) is 17.2 Å². The van der Waals surface area contributed by atoms with E-state index in [4.69, 9.17) is 15.0 Å². The lowest BCUT2D eigenvalue weighted by molar-refractivity contribution is 0.0953. The molecule has 2 aromatic rings. The van der Waals surface area contributed by atoms with E-state index in [1.807, 2.05) is 12.1 Å². The van der Waals surface area contributed by atoms with Crippen LogP contribution in [0.3, 0.4) is 0 Å². The fourth-order valence-corrected chi connectivity index (χ4v) is 2.20. The Morgan fingerprint density at radius 1 is 1.38 bits per heavy atom. The Bertz CT molecular complexity index is 632. The average molecular weight is 288 g/mol. The van der Waals surface area contributed by atoms with Crippen molar-refractivity contribution in [1.29, 1.82) is 0 Å². The number of carbonyl (C=O) groups excluding carboxylic acids is 1. The quantitative estimate of drug-likeness (QED) is 0.504. The molecule has 1 heterocycles. The van der Waals surface area contributed by atoms with Crippen molar-refractivity contribution in [2.75, 3.05) is 0 Å². The lowest BCUT2D eigenvalue weighted by Crippen LogP contribution is -2.29. The van der Waals surface area contributed by atoms with Gasteiger partial charge in [-0.2, -0.15) is 0 Å². The highest BCUT2D eigenvalue weighted by Gasteiger charge is 2.10. The van der Waals surface area contributed by atoms with E-state index in [9.17, 15) is 4.79 Å². The summed E-state index contributed by atoms with van der Waals surface area (Å²) in [5.41, 5.74) is 4.94. The SMILES string of the molecule is Cc1cc(OCc2cc(C(=O)NN)co2)ccc1C(C)C. The van der Waals surface area contributed by atoms with Crippen molar-refractivity contribution in [3.05, 3.63) is 53.0 Å². The van der Waals surface area contributed by atoms with E-state index in [1.165, 1.54) is 17.4 Å². The number of hydrogen-bond donors (Lipinski definition) is 2. The molecule has 0 unspecified atom stereocenters. The maximum absolute atomic E-state index is 11.3. The Hall–Kier alpha value is -2.27. The number of aryl methyl sites for hydroxylation is 1. The van der Waals surface area contributed by atoms with Gasteiger partial charge in [-0.25, -0.2) is 5.84 Å². The second kappa shape index (κ2) is 6.45. The molecule has 0 radical (unpaired) electrons. The Morgan fingerprint density at radius 2 is 2.14 bits per heavy atom. The second-order valence-corrected chi connectivity index (χ2v) is 5.24. The largest absolute Gasteiger partial charge is 0.486 e. The fraction of sp³-hybridized carbons (Fsp3) is 0.312. The zero-order valence-corrected chi connectivity index (χ0v) is 12.5. The molecular formula is C16H20N2O3. The Morgan fingerprint density at radius 3 is 2.76 bits per heavy atom. The normalized spacial score (nSPS) is 10.7. The van der Waals surface area contributed by atoms with E-state index >= 15 is 0 Å². The van der Waals surface area contributed by atoms with Crippen molar-refractivity contribution >= 4 is 5.91 Å². The first-order valence-corrected chi connectivity index (χ1v) is 6.83. The van der Waals surface area contributed by atoms with Crippen molar-refractivity contribution in [2.24, 2.45) is 5.84 Å². The van der Waals surface area contributed by atoms with Crippen molar-refractivity contribution in [2.45, 2.75) is 33.3 Å². The van der Waals surface area contributed by atoms with E-state index < -0.39 is 0 Å². The standard InChI is InChI=1S/C16H20N2O3/c1-10(2)15-5-4-13(6-11(15)3)21-9-14-7-12(8-20-14)16(19)18-17/h4-8,10H,9,17H2,1-3H3,(H,18,19). The minimum absolute atomic E-state index is 0.262. The van der Waals surface area contributed by atoms with Crippen LogP contribution in [0.1, 0.15) is 47.0 Å². The molecule has 0 aliphatic carbocycles. The van der Waals surface area contributed by atoms with Gasteiger partial charge in [-0.15, -0.1) is 0 Å². The number of nitrogens with one attached hydrogen (secondary N) is 1. The molecule has 5 heteroatoms. The molecule has 112 valence electrons. The molecule has 0 fully saturated rings. The number of amides is 1. The van der Waals surface area contributed by atoms with Crippen LogP contribution in [-0.2, 0) is 6.61 Å². The maximum atomic E-state index is 11.3. The zero-order valence-electron chi connectivity index (χ0n) is 12.5. The zero-order chi connectivity index (χ0) is 15.4. The monoisotopic (exact) mass is 288 g/mol. The Labute approximate surface area is 124 Å². The molecule has 0 saturated heterocycles. The van der Waals surface area contributed by atoms with Gasteiger partial charge >= 0.3 is 0 Å². The summed E-state index contributed by atoms with van der Waals surface area (Å²) < 4.78 is 10.9. The molecule has 0 aliphatic heterocycles. The Balaban J connectivity index is 2.01.